The van der Waals surface area contributed by atoms with Gasteiger partial charge in [0.1, 0.15) is 0 Å². The lowest BCUT2D eigenvalue weighted by molar-refractivity contribution is 0.0740. The van der Waals surface area contributed by atoms with E-state index in [1.54, 1.807) is 0 Å². The van der Waals surface area contributed by atoms with Crippen LogP contribution in [-0.4, -0.2) is 34.5 Å². The molecule has 2 heterocycles. The minimum atomic E-state index is 0.174. The van der Waals surface area contributed by atoms with Gasteiger partial charge in [-0.1, -0.05) is 0 Å². The van der Waals surface area contributed by atoms with Gasteiger partial charge in [-0.05, 0) is 45.6 Å². The Labute approximate surface area is 114 Å². The first-order chi connectivity index (χ1) is 9.13. The van der Waals surface area contributed by atoms with Crippen molar-refractivity contribution in [1.29, 1.82) is 0 Å². The maximum absolute atomic E-state index is 12.7. The molecule has 2 aliphatic rings. The van der Waals surface area contributed by atoms with Gasteiger partial charge in [-0.25, -0.2) is 0 Å². The molecule has 4 heteroatoms. The molecule has 0 bridgehead atoms. The quantitative estimate of drug-likeness (QED) is 0.905. The van der Waals surface area contributed by atoms with Crippen LogP contribution in [0.2, 0.25) is 0 Å². The van der Waals surface area contributed by atoms with Crippen molar-refractivity contribution in [1.82, 2.24) is 9.47 Å². The molecule has 1 aliphatic heterocycles. The second-order valence-corrected chi connectivity index (χ2v) is 5.92. The number of hydrogen-bond donors (Lipinski definition) is 1. The molecule has 0 spiro atoms. The van der Waals surface area contributed by atoms with Gasteiger partial charge in [-0.15, -0.1) is 0 Å². The van der Waals surface area contributed by atoms with E-state index in [1.165, 1.54) is 18.5 Å². The van der Waals surface area contributed by atoms with E-state index in [4.69, 9.17) is 5.73 Å². The van der Waals surface area contributed by atoms with Crippen molar-refractivity contribution in [2.24, 2.45) is 5.73 Å². The topological polar surface area (TPSA) is 51.3 Å². The Morgan fingerprint density at radius 1 is 1.37 bits per heavy atom. The number of aromatic nitrogens is 1. The van der Waals surface area contributed by atoms with Crippen LogP contribution >= 0.6 is 0 Å². The standard InChI is InChI=1S/C15H23N3O/c1-10-8-14(11(2)18(10)12-5-6-12)15(19)17-7-3-4-13(17)9-16/h8,12-13H,3-7,9,16H2,1-2H3/t13-/m0/s1. The molecule has 0 unspecified atom stereocenters. The third-order valence-corrected chi connectivity index (χ3v) is 4.54. The highest BCUT2D eigenvalue weighted by Crippen LogP contribution is 2.38. The van der Waals surface area contributed by atoms with Crippen LogP contribution in [0.3, 0.4) is 0 Å². The number of likely N-dealkylation sites (tertiary alicyclic amines) is 1. The molecular formula is C15H23N3O. The van der Waals surface area contributed by atoms with Gasteiger partial charge in [0, 0.05) is 36.6 Å². The Morgan fingerprint density at radius 3 is 2.74 bits per heavy atom. The van der Waals surface area contributed by atoms with Gasteiger partial charge < -0.3 is 15.2 Å². The van der Waals surface area contributed by atoms with E-state index in [2.05, 4.69) is 24.5 Å². The highest BCUT2D eigenvalue weighted by molar-refractivity contribution is 5.96. The first-order valence-corrected chi connectivity index (χ1v) is 7.33. The molecule has 1 atom stereocenters. The van der Waals surface area contributed by atoms with Crippen LogP contribution in [0.25, 0.3) is 0 Å². The minimum absolute atomic E-state index is 0.174. The van der Waals surface area contributed by atoms with Gasteiger partial charge in [0.05, 0.1) is 5.56 Å². The lowest BCUT2D eigenvalue weighted by Gasteiger charge is -2.23. The van der Waals surface area contributed by atoms with Crippen LogP contribution in [-0.2, 0) is 0 Å². The molecule has 3 rings (SSSR count). The summed E-state index contributed by atoms with van der Waals surface area (Å²) in [4.78, 5) is 14.7. The van der Waals surface area contributed by atoms with Crippen molar-refractivity contribution in [3.63, 3.8) is 0 Å². The molecule has 2 N–H and O–H groups in total. The summed E-state index contributed by atoms with van der Waals surface area (Å²) in [6, 6.07) is 2.92. The molecule has 1 aliphatic carbocycles. The average molecular weight is 261 g/mol. The second kappa shape index (κ2) is 4.67. The highest BCUT2D eigenvalue weighted by atomic mass is 16.2. The Hall–Kier alpha value is -1.29. The molecule has 4 nitrogen and oxygen atoms in total. The highest BCUT2D eigenvalue weighted by Gasteiger charge is 2.32. The molecule has 19 heavy (non-hydrogen) atoms. The van der Waals surface area contributed by atoms with Crippen LogP contribution in [0.15, 0.2) is 6.07 Å². The summed E-state index contributed by atoms with van der Waals surface area (Å²) in [5, 5.41) is 0. The van der Waals surface area contributed by atoms with E-state index in [9.17, 15) is 4.79 Å². The fourth-order valence-corrected chi connectivity index (χ4v) is 3.39. The Bertz CT molecular complexity index is 502. The third kappa shape index (κ3) is 2.08. The van der Waals surface area contributed by atoms with E-state index in [-0.39, 0.29) is 11.9 Å². The predicted octanol–water partition coefficient (Wildman–Crippen LogP) is 2.00. The summed E-state index contributed by atoms with van der Waals surface area (Å²) < 4.78 is 2.33. The largest absolute Gasteiger partial charge is 0.345 e. The van der Waals surface area contributed by atoms with E-state index in [0.717, 1.165) is 30.6 Å². The number of nitrogens with two attached hydrogens (primary N) is 1. The molecule has 104 valence electrons. The van der Waals surface area contributed by atoms with E-state index < -0.39 is 0 Å². The van der Waals surface area contributed by atoms with Gasteiger partial charge in [0.25, 0.3) is 5.91 Å². The normalized spacial score (nSPS) is 23.1. The Balaban J connectivity index is 1.89. The molecule has 0 radical (unpaired) electrons. The molecule has 1 saturated carbocycles. The van der Waals surface area contributed by atoms with E-state index in [1.807, 2.05) is 4.90 Å². The molecule has 0 aromatic carbocycles. The summed E-state index contributed by atoms with van der Waals surface area (Å²) in [6.07, 6.45) is 4.62. The van der Waals surface area contributed by atoms with Crippen LogP contribution < -0.4 is 5.73 Å². The van der Waals surface area contributed by atoms with Gasteiger partial charge in [-0.2, -0.15) is 0 Å². The summed E-state index contributed by atoms with van der Waals surface area (Å²) in [5.41, 5.74) is 9.00. The number of carbonyl (C=O) groups is 1. The summed E-state index contributed by atoms with van der Waals surface area (Å²) in [5.74, 6) is 0.174. The minimum Gasteiger partial charge on any atom is -0.345 e. The molecular weight excluding hydrogens is 238 g/mol. The van der Waals surface area contributed by atoms with Crippen LogP contribution in [0.5, 0.6) is 0 Å². The maximum Gasteiger partial charge on any atom is 0.255 e. The van der Waals surface area contributed by atoms with Gasteiger partial charge in [0.2, 0.25) is 0 Å². The lowest BCUT2D eigenvalue weighted by Crippen LogP contribution is -2.40. The SMILES string of the molecule is Cc1cc(C(=O)N2CCC[C@H]2CN)c(C)n1C1CC1. The van der Waals surface area contributed by atoms with Gasteiger partial charge in [-0.3, -0.25) is 4.79 Å². The molecule has 1 amide bonds. The average Bonchev–Trinajstić information content (AvgIpc) is 3.02. The number of aryl methyl sites for hydroxylation is 1. The van der Waals surface area contributed by atoms with Crippen LogP contribution in [0.1, 0.15) is 53.5 Å². The third-order valence-electron chi connectivity index (χ3n) is 4.54. The molecule has 1 saturated heterocycles. The number of nitrogens with zero attached hydrogens (tertiary/aromatic N) is 2. The molecule has 2 fully saturated rings. The van der Waals surface area contributed by atoms with Gasteiger partial charge >= 0.3 is 0 Å². The van der Waals surface area contributed by atoms with Crippen LogP contribution in [0.4, 0.5) is 0 Å². The summed E-state index contributed by atoms with van der Waals surface area (Å²) in [7, 11) is 0. The Kier molecular flexibility index (Phi) is 3.13. The van der Waals surface area contributed by atoms with Crippen molar-refractivity contribution >= 4 is 5.91 Å². The maximum atomic E-state index is 12.7. The zero-order chi connectivity index (χ0) is 13.6. The first kappa shape index (κ1) is 12.7. The summed E-state index contributed by atoms with van der Waals surface area (Å²) >= 11 is 0. The second-order valence-electron chi connectivity index (χ2n) is 5.92. The molecule has 1 aromatic heterocycles. The van der Waals surface area contributed by atoms with E-state index in [0.29, 0.717) is 12.6 Å². The fraction of sp³-hybridized carbons (Fsp3) is 0.667. The summed E-state index contributed by atoms with van der Waals surface area (Å²) in [6.45, 7) is 5.61. The van der Waals surface area contributed by atoms with Crippen molar-refractivity contribution in [3.05, 3.63) is 23.0 Å². The fourth-order valence-electron chi connectivity index (χ4n) is 3.39. The number of amides is 1. The monoisotopic (exact) mass is 261 g/mol. The van der Waals surface area contributed by atoms with Crippen LogP contribution in [0, 0.1) is 13.8 Å². The zero-order valence-electron chi connectivity index (χ0n) is 11.9. The number of carbonyl (C=O) groups excluding carboxylic acids is 1. The predicted molar refractivity (Wildman–Crippen MR) is 75.3 cm³/mol. The van der Waals surface area contributed by atoms with Crippen molar-refractivity contribution in [2.45, 2.75) is 51.6 Å². The zero-order valence-corrected chi connectivity index (χ0v) is 11.9. The van der Waals surface area contributed by atoms with E-state index >= 15 is 0 Å². The number of hydrogen-bond acceptors (Lipinski definition) is 2. The van der Waals surface area contributed by atoms with Crippen molar-refractivity contribution in [3.8, 4) is 0 Å². The van der Waals surface area contributed by atoms with Gasteiger partial charge in [0.15, 0.2) is 0 Å². The van der Waals surface area contributed by atoms with Crippen molar-refractivity contribution in [2.75, 3.05) is 13.1 Å². The van der Waals surface area contributed by atoms with Crippen molar-refractivity contribution < 1.29 is 4.79 Å². The smallest absolute Gasteiger partial charge is 0.255 e. The Morgan fingerprint density at radius 2 is 2.11 bits per heavy atom. The molecule has 1 aromatic rings. The lowest BCUT2D eigenvalue weighted by atomic mass is 10.2. The first-order valence-electron chi connectivity index (χ1n) is 7.33. The number of rotatable bonds is 3.